The van der Waals surface area contributed by atoms with Gasteiger partial charge in [0.05, 0.1) is 0 Å². The van der Waals surface area contributed by atoms with E-state index < -0.39 is 0 Å². The Morgan fingerprint density at radius 2 is 2.39 bits per heavy atom. The Morgan fingerprint density at radius 3 is 2.94 bits per heavy atom. The van der Waals surface area contributed by atoms with Crippen LogP contribution in [0, 0.1) is 5.92 Å². The second-order valence-electron chi connectivity index (χ2n) is 5.47. The second kappa shape index (κ2) is 7.04. The molecule has 1 aromatic heterocycles. The van der Waals surface area contributed by atoms with Gasteiger partial charge in [0.15, 0.2) is 0 Å². The highest BCUT2D eigenvalue weighted by Gasteiger charge is 2.19. The molecule has 0 saturated carbocycles. The number of hydrogen-bond acceptors (Lipinski definition) is 3. The first-order valence-electron chi connectivity index (χ1n) is 6.83. The van der Waals surface area contributed by atoms with Crippen molar-refractivity contribution in [3.05, 3.63) is 20.8 Å². The predicted molar refractivity (Wildman–Crippen MR) is 83.2 cm³/mol. The van der Waals surface area contributed by atoms with Gasteiger partial charge >= 0.3 is 0 Å². The standard InChI is InChI=1S/C14H23BrN2S/c1-11(2)17(8-12-4-3-5-16-7-12)9-14-6-13(15)10-18-14/h6,10-12,16H,3-5,7-9H2,1-2H3. The summed E-state index contributed by atoms with van der Waals surface area (Å²) in [5.41, 5.74) is 0. The maximum Gasteiger partial charge on any atom is 0.0331 e. The molecule has 1 N–H and O–H groups in total. The van der Waals surface area contributed by atoms with Crippen LogP contribution >= 0.6 is 27.3 Å². The molecule has 1 aliphatic heterocycles. The molecule has 1 aromatic rings. The van der Waals surface area contributed by atoms with Crippen LogP contribution < -0.4 is 5.32 Å². The minimum atomic E-state index is 0.618. The number of nitrogens with one attached hydrogen (secondary N) is 1. The SMILES string of the molecule is CC(C)N(Cc1cc(Br)cs1)CC1CCCNC1. The van der Waals surface area contributed by atoms with Gasteiger partial charge in [-0.15, -0.1) is 11.3 Å². The summed E-state index contributed by atoms with van der Waals surface area (Å²) in [6.07, 6.45) is 2.71. The van der Waals surface area contributed by atoms with Gasteiger partial charge in [0, 0.05) is 33.9 Å². The average molecular weight is 331 g/mol. The lowest BCUT2D eigenvalue weighted by atomic mass is 9.98. The molecule has 0 spiro atoms. The van der Waals surface area contributed by atoms with Gasteiger partial charge in [0.1, 0.15) is 0 Å². The van der Waals surface area contributed by atoms with Crippen molar-refractivity contribution >= 4 is 27.3 Å². The smallest absolute Gasteiger partial charge is 0.0331 e. The molecular weight excluding hydrogens is 308 g/mol. The number of thiophene rings is 1. The number of rotatable bonds is 5. The summed E-state index contributed by atoms with van der Waals surface area (Å²) in [6, 6.07) is 2.87. The van der Waals surface area contributed by atoms with Crippen LogP contribution in [-0.4, -0.2) is 30.6 Å². The molecule has 18 heavy (non-hydrogen) atoms. The lowest BCUT2D eigenvalue weighted by Gasteiger charge is -2.32. The fourth-order valence-electron chi connectivity index (χ4n) is 2.51. The van der Waals surface area contributed by atoms with Gasteiger partial charge in [-0.3, -0.25) is 4.90 Å². The van der Waals surface area contributed by atoms with Crippen LogP contribution in [0.15, 0.2) is 15.9 Å². The molecule has 1 aliphatic rings. The van der Waals surface area contributed by atoms with Gasteiger partial charge in [-0.05, 0) is 67.7 Å². The molecule has 2 rings (SSSR count). The van der Waals surface area contributed by atoms with Crippen molar-refractivity contribution in [3.8, 4) is 0 Å². The zero-order valence-electron chi connectivity index (χ0n) is 11.3. The Morgan fingerprint density at radius 1 is 1.56 bits per heavy atom. The van der Waals surface area contributed by atoms with Crippen molar-refractivity contribution in [1.82, 2.24) is 10.2 Å². The van der Waals surface area contributed by atoms with Gasteiger partial charge in [-0.25, -0.2) is 0 Å². The van der Waals surface area contributed by atoms with Crippen molar-refractivity contribution in [2.24, 2.45) is 5.92 Å². The van der Waals surface area contributed by atoms with E-state index in [1.807, 2.05) is 11.3 Å². The third-order valence-electron chi connectivity index (χ3n) is 3.60. The number of hydrogen-bond donors (Lipinski definition) is 1. The third kappa shape index (κ3) is 4.34. The maximum absolute atomic E-state index is 3.54. The van der Waals surface area contributed by atoms with E-state index in [4.69, 9.17) is 0 Å². The van der Waals surface area contributed by atoms with Crippen LogP contribution in [0.25, 0.3) is 0 Å². The van der Waals surface area contributed by atoms with Crippen molar-refractivity contribution in [1.29, 1.82) is 0 Å². The van der Waals surface area contributed by atoms with E-state index in [2.05, 4.69) is 51.4 Å². The largest absolute Gasteiger partial charge is 0.316 e. The molecule has 102 valence electrons. The summed E-state index contributed by atoms with van der Waals surface area (Å²) in [6.45, 7) is 9.32. The summed E-state index contributed by atoms with van der Waals surface area (Å²) in [4.78, 5) is 4.06. The molecule has 1 atom stereocenters. The highest BCUT2D eigenvalue weighted by molar-refractivity contribution is 9.10. The Balaban J connectivity index is 1.90. The quantitative estimate of drug-likeness (QED) is 0.885. The third-order valence-corrected chi connectivity index (χ3v) is 5.29. The van der Waals surface area contributed by atoms with Crippen molar-refractivity contribution in [3.63, 3.8) is 0 Å². The van der Waals surface area contributed by atoms with E-state index in [1.165, 1.54) is 41.8 Å². The van der Waals surface area contributed by atoms with Gasteiger partial charge in [-0.2, -0.15) is 0 Å². The topological polar surface area (TPSA) is 15.3 Å². The fourth-order valence-corrected chi connectivity index (χ4v) is 3.98. The minimum absolute atomic E-state index is 0.618. The van der Waals surface area contributed by atoms with Crippen LogP contribution in [0.4, 0.5) is 0 Å². The number of nitrogens with zero attached hydrogens (tertiary/aromatic N) is 1. The molecular formula is C14H23BrN2S. The van der Waals surface area contributed by atoms with E-state index >= 15 is 0 Å². The van der Waals surface area contributed by atoms with E-state index in [-0.39, 0.29) is 0 Å². The molecule has 1 fully saturated rings. The van der Waals surface area contributed by atoms with Crippen molar-refractivity contribution in [2.75, 3.05) is 19.6 Å². The molecule has 0 aromatic carbocycles. The van der Waals surface area contributed by atoms with Crippen molar-refractivity contribution < 1.29 is 0 Å². The molecule has 2 heterocycles. The highest BCUT2D eigenvalue weighted by atomic mass is 79.9. The van der Waals surface area contributed by atoms with Gasteiger partial charge in [0.25, 0.3) is 0 Å². The fraction of sp³-hybridized carbons (Fsp3) is 0.714. The molecule has 0 aliphatic carbocycles. The lowest BCUT2D eigenvalue weighted by molar-refractivity contribution is 0.165. The van der Waals surface area contributed by atoms with E-state index in [0.29, 0.717) is 6.04 Å². The molecule has 1 saturated heterocycles. The molecule has 0 radical (unpaired) electrons. The molecule has 1 unspecified atom stereocenters. The Kier molecular flexibility index (Phi) is 5.67. The Bertz CT molecular complexity index is 358. The van der Waals surface area contributed by atoms with Gasteiger partial charge in [0.2, 0.25) is 0 Å². The number of piperidine rings is 1. The summed E-state index contributed by atoms with van der Waals surface area (Å²) in [7, 11) is 0. The first kappa shape index (κ1) is 14.5. The lowest BCUT2D eigenvalue weighted by Crippen LogP contribution is -2.40. The Labute approximate surface area is 123 Å². The van der Waals surface area contributed by atoms with E-state index in [1.54, 1.807) is 0 Å². The van der Waals surface area contributed by atoms with Crippen LogP contribution in [-0.2, 0) is 6.54 Å². The molecule has 0 bridgehead atoms. The summed E-state index contributed by atoms with van der Waals surface area (Å²) < 4.78 is 1.21. The first-order chi connectivity index (χ1) is 8.65. The normalized spacial score (nSPS) is 20.8. The summed E-state index contributed by atoms with van der Waals surface area (Å²) >= 11 is 5.39. The second-order valence-corrected chi connectivity index (χ2v) is 7.38. The average Bonchev–Trinajstić information content (AvgIpc) is 2.75. The zero-order chi connectivity index (χ0) is 13.0. The summed E-state index contributed by atoms with van der Waals surface area (Å²) in [5, 5.41) is 5.69. The number of halogens is 1. The van der Waals surface area contributed by atoms with Gasteiger partial charge < -0.3 is 5.32 Å². The molecule has 4 heteroatoms. The van der Waals surface area contributed by atoms with Gasteiger partial charge in [-0.1, -0.05) is 0 Å². The van der Waals surface area contributed by atoms with Crippen LogP contribution in [0.3, 0.4) is 0 Å². The summed E-state index contributed by atoms with van der Waals surface area (Å²) in [5.74, 6) is 0.824. The molecule has 0 amide bonds. The van der Waals surface area contributed by atoms with Crippen LogP contribution in [0.1, 0.15) is 31.6 Å². The zero-order valence-corrected chi connectivity index (χ0v) is 13.7. The predicted octanol–water partition coefficient (Wildman–Crippen LogP) is 3.72. The Hall–Kier alpha value is 0.1000. The van der Waals surface area contributed by atoms with Crippen LogP contribution in [0.5, 0.6) is 0 Å². The first-order valence-corrected chi connectivity index (χ1v) is 8.50. The van der Waals surface area contributed by atoms with E-state index in [0.717, 1.165) is 12.5 Å². The van der Waals surface area contributed by atoms with Crippen molar-refractivity contribution in [2.45, 2.75) is 39.3 Å². The minimum Gasteiger partial charge on any atom is -0.316 e. The molecule has 2 nitrogen and oxygen atoms in total. The monoisotopic (exact) mass is 330 g/mol. The maximum atomic E-state index is 3.54. The van der Waals surface area contributed by atoms with Crippen LogP contribution in [0.2, 0.25) is 0 Å². The van der Waals surface area contributed by atoms with E-state index in [9.17, 15) is 0 Å². The highest BCUT2D eigenvalue weighted by Crippen LogP contribution is 2.23.